The average Bonchev–Trinajstić information content (AvgIpc) is 3.06. The molecule has 0 atom stereocenters. The Balaban J connectivity index is 1.42. The van der Waals surface area contributed by atoms with Crippen molar-refractivity contribution in [1.29, 1.82) is 0 Å². The van der Waals surface area contributed by atoms with E-state index in [1.54, 1.807) is 42.5 Å². The first-order valence-corrected chi connectivity index (χ1v) is 7.62. The zero-order chi connectivity index (χ0) is 16.8. The molecule has 2 aromatic rings. The molecular formula is C18H14ClNO4. The Labute approximate surface area is 144 Å². The fourth-order valence-corrected chi connectivity index (χ4v) is 2.15. The van der Waals surface area contributed by atoms with Gasteiger partial charge in [-0.15, -0.1) is 0 Å². The Hall–Kier alpha value is -2.84. The smallest absolute Gasteiger partial charge is 0.252 e. The van der Waals surface area contributed by atoms with E-state index < -0.39 is 0 Å². The number of ether oxygens (including phenoxy) is 3. The molecule has 0 unspecified atom stereocenters. The number of carbonyl (C=O) groups is 1. The molecule has 0 saturated carbocycles. The summed E-state index contributed by atoms with van der Waals surface area (Å²) in [6.07, 6.45) is 0. The quantitative estimate of drug-likeness (QED) is 0.867. The van der Waals surface area contributed by atoms with Gasteiger partial charge in [0.15, 0.2) is 11.5 Å². The van der Waals surface area contributed by atoms with E-state index in [1.807, 2.05) is 0 Å². The van der Waals surface area contributed by atoms with Gasteiger partial charge in [0.05, 0.1) is 6.54 Å². The standard InChI is InChI=1S/C18H14ClNO4/c19-14-5-3-13(4-6-14)18(21)20-9-1-2-10-22-15-7-8-16-17(11-15)24-12-23-16/h3-8,11H,9-10,12H2,(H,20,21). The third-order valence-corrected chi connectivity index (χ3v) is 3.48. The van der Waals surface area contributed by atoms with Crippen LogP contribution in [0.5, 0.6) is 17.2 Å². The van der Waals surface area contributed by atoms with Crippen LogP contribution in [-0.4, -0.2) is 25.9 Å². The number of carbonyl (C=O) groups excluding carboxylic acids is 1. The van der Waals surface area contributed by atoms with Crippen molar-refractivity contribution < 1.29 is 19.0 Å². The number of rotatable bonds is 4. The van der Waals surface area contributed by atoms with Gasteiger partial charge in [-0.2, -0.15) is 0 Å². The van der Waals surface area contributed by atoms with Crippen LogP contribution in [0.25, 0.3) is 0 Å². The van der Waals surface area contributed by atoms with Crippen molar-refractivity contribution in [1.82, 2.24) is 5.32 Å². The van der Waals surface area contributed by atoms with E-state index in [0.29, 0.717) is 27.8 Å². The summed E-state index contributed by atoms with van der Waals surface area (Å²) in [4.78, 5) is 11.8. The summed E-state index contributed by atoms with van der Waals surface area (Å²) in [5, 5.41) is 3.29. The summed E-state index contributed by atoms with van der Waals surface area (Å²) in [5.74, 6) is 7.49. The van der Waals surface area contributed by atoms with Crippen LogP contribution in [0, 0.1) is 11.8 Å². The van der Waals surface area contributed by atoms with E-state index in [0.717, 1.165) is 0 Å². The summed E-state index contributed by atoms with van der Waals surface area (Å²) in [6, 6.07) is 12.0. The maximum Gasteiger partial charge on any atom is 0.252 e. The van der Waals surface area contributed by atoms with Gasteiger partial charge in [-0.25, -0.2) is 0 Å². The largest absolute Gasteiger partial charge is 0.481 e. The molecule has 1 aliphatic heterocycles. The van der Waals surface area contributed by atoms with Gasteiger partial charge in [0.25, 0.3) is 5.91 Å². The number of amides is 1. The van der Waals surface area contributed by atoms with Gasteiger partial charge in [-0.05, 0) is 36.4 Å². The molecule has 0 radical (unpaired) electrons. The lowest BCUT2D eigenvalue weighted by Gasteiger charge is -2.03. The monoisotopic (exact) mass is 343 g/mol. The zero-order valence-electron chi connectivity index (χ0n) is 12.7. The molecule has 0 bridgehead atoms. The molecule has 0 saturated heterocycles. The van der Waals surface area contributed by atoms with Crippen LogP contribution in [0.4, 0.5) is 0 Å². The van der Waals surface area contributed by atoms with Gasteiger partial charge >= 0.3 is 0 Å². The zero-order valence-corrected chi connectivity index (χ0v) is 13.4. The van der Waals surface area contributed by atoms with E-state index in [-0.39, 0.29) is 25.9 Å². The molecule has 24 heavy (non-hydrogen) atoms. The molecule has 0 aromatic heterocycles. The maximum atomic E-state index is 11.8. The third kappa shape index (κ3) is 4.12. The molecule has 2 aromatic carbocycles. The Kier molecular flexibility index (Phi) is 5.09. The van der Waals surface area contributed by atoms with Crippen molar-refractivity contribution in [3.8, 4) is 29.1 Å². The van der Waals surface area contributed by atoms with Crippen LogP contribution in [0.3, 0.4) is 0 Å². The highest BCUT2D eigenvalue weighted by atomic mass is 35.5. The molecule has 3 rings (SSSR count). The second-order valence-corrected chi connectivity index (χ2v) is 5.28. The first kappa shape index (κ1) is 16.0. The molecule has 0 spiro atoms. The van der Waals surface area contributed by atoms with Crippen molar-refractivity contribution in [2.45, 2.75) is 0 Å². The Bertz CT molecular complexity index is 793. The van der Waals surface area contributed by atoms with Crippen molar-refractivity contribution >= 4 is 17.5 Å². The van der Waals surface area contributed by atoms with E-state index >= 15 is 0 Å². The minimum absolute atomic E-state index is 0.197. The number of hydrogen-bond donors (Lipinski definition) is 1. The summed E-state index contributed by atoms with van der Waals surface area (Å²) in [6.45, 7) is 0.689. The van der Waals surface area contributed by atoms with Crippen molar-refractivity contribution in [3.63, 3.8) is 0 Å². The van der Waals surface area contributed by atoms with E-state index in [9.17, 15) is 4.79 Å². The number of nitrogens with one attached hydrogen (secondary N) is 1. The van der Waals surface area contributed by atoms with Crippen molar-refractivity contribution in [2.75, 3.05) is 19.9 Å². The fourth-order valence-electron chi connectivity index (χ4n) is 2.03. The summed E-state index contributed by atoms with van der Waals surface area (Å²) >= 11 is 5.78. The minimum Gasteiger partial charge on any atom is -0.481 e. The van der Waals surface area contributed by atoms with Gasteiger partial charge in [0.1, 0.15) is 12.4 Å². The highest BCUT2D eigenvalue weighted by molar-refractivity contribution is 6.30. The molecule has 1 heterocycles. The lowest BCUT2D eigenvalue weighted by atomic mass is 10.2. The van der Waals surface area contributed by atoms with E-state index in [4.69, 9.17) is 25.8 Å². The molecule has 1 N–H and O–H groups in total. The normalized spacial score (nSPS) is 11.4. The molecular weight excluding hydrogens is 330 g/mol. The predicted molar refractivity (Wildman–Crippen MR) is 89.6 cm³/mol. The van der Waals surface area contributed by atoms with Gasteiger partial charge in [0.2, 0.25) is 6.79 Å². The third-order valence-electron chi connectivity index (χ3n) is 3.22. The van der Waals surface area contributed by atoms with Crippen LogP contribution >= 0.6 is 11.6 Å². The second-order valence-electron chi connectivity index (χ2n) is 4.85. The van der Waals surface area contributed by atoms with E-state index in [1.165, 1.54) is 0 Å². The predicted octanol–water partition coefficient (Wildman–Crippen LogP) is 2.88. The molecule has 1 aliphatic rings. The first-order chi connectivity index (χ1) is 11.7. The molecule has 5 nitrogen and oxygen atoms in total. The van der Waals surface area contributed by atoms with Gasteiger partial charge < -0.3 is 19.5 Å². The molecule has 122 valence electrons. The van der Waals surface area contributed by atoms with Crippen LogP contribution in [0.1, 0.15) is 10.4 Å². The number of halogens is 1. The Morgan fingerprint density at radius 3 is 2.75 bits per heavy atom. The summed E-state index contributed by atoms with van der Waals surface area (Å²) < 4.78 is 16.0. The Morgan fingerprint density at radius 2 is 1.92 bits per heavy atom. The van der Waals surface area contributed by atoms with E-state index in [2.05, 4.69) is 17.2 Å². The molecule has 1 amide bonds. The lowest BCUT2D eigenvalue weighted by Crippen LogP contribution is -2.23. The molecule has 0 fully saturated rings. The van der Waals surface area contributed by atoms with Crippen LogP contribution in [-0.2, 0) is 0 Å². The number of fused-ring (bicyclic) bond motifs is 1. The van der Waals surface area contributed by atoms with Crippen LogP contribution < -0.4 is 19.5 Å². The first-order valence-electron chi connectivity index (χ1n) is 7.24. The van der Waals surface area contributed by atoms with Gasteiger partial charge in [-0.1, -0.05) is 23.4 Å². The van der Waals surface area contributed by atoms with Gasteiger partial charge in [0, 0.05) is 16.7 Å². The highest BCUT2D eigenvalue weighted by Gasteiger charge is 2.13. The second kappa shape index (κ2) is 7.62. The van der Waals surface area contributed by atoms with Gasteiger partial charge in [-0.3, -0.25) is 4.79 Å². The topological polar surface area (TPSA) is 56.8 Å². The summed E-state index contributed by atoms with van der Waals surface area (Å²) in [5.41, 5.74) is 0.540. The minimum atomic E-state index is -0.197. The van der Waals surface area contributed by atoms with Crippen LogP contribution in [0.2, 0.25) is 5.02 Å². The Morgan fingerprint density at radius 1 is 1.12 bits per heavy atom. The maximum absolute atomic E-state index is 11.8. The SMILES string of the molecule is O=C(NCC#CCOc1ccc2c(c1)OCO2)c1ccc(Cl)cc1. The molecule has 0 aliphatic carbocycles. The summed E-state index contributed by atoms with van der Waals surface area (Å²) in [7, 11) is 0. The van der Waals surface area contributed by atoms with Crippen molar-refractivity contribution in [2.24, 2.45) is 0 Å². The lowest BCUT2D eigenvalue weighted by molar-refractivity contribution is 0.0958. The van der Waals surface area contributed by atoms with Crippen LogP contribution in [0.15, 0.2) is 42.5 Å². The molecule has 6 heteroatoms. The highest BCUT2D eigenvalue weighted by Crippen LogP contribution is 2.34. The van der Waals surface area contributed by atoms with Crippen molar-refractivity contribution in [3.05, 3.63) is 53.1 Å². The average molecular weight is 344 g/mol. The number of hydrogen-bond acceptors (Lipinski definition) is 4. The fraction of sp³-hybridized carbons (Fsp3) is 0.167. The number of benzene rings is 2.